The lowest BCUT2D eigenvalue weighted by Crippen LogP contribution is -2.44. The van der Waals surface area contributed by atoms with Gasteiger partial charge in [-0.3, -0.25) is 9.69 Å². The zero-order chi connectivity index (χ0) is 12.3. The molecule has 94 valence electrons. The summed E-state index contributed by atoms with van der Waals surface area (Å²) >= 11 is 1.58. The number of halogens is 3. The van der Waals surface area contributed by atoms with Crippen LogP contribution in [0.3, 0.4) is 0 Å². The summed E-state index contributed by atoms with van der Waals surface area (Å²) in [6.07, 6.45) is -3.72. The molecule has 7 heteroatoms. The summed E-state index contributed by atoms with van der Waals surface area (Å²) in [5, 5.41) is 8.89. The molecule has 0 bridgehead atoms. The van der Waals surface area contributed by atoms with Crippen LogP contribution in [0.2, 0.25) is 0 Å². The van der Waals surface area contributed by atoms with Gasteiger partial charge in [-0.05, 0) is 6.42 Å². The highest BCUT2D eigenvalue weighted by Gasteiger charge is 2.37. The predicted octanol–water partition coefficient (Wildman–Crippen LogP) is 1.83. The number of hydrogen-bond donors (Lipinski definition) is 1. The van der Waals surface area contributed by atoms with Crippen LogP contribution in [-0.4, -0.2) is 52.3 Å². The van der Waals surface area contributed by atoms with E-state index >= 15 is 0 Å². The first kappa shape index (κ1) is 13.6. The lowest BCUT2D eigenvalue weighted by Gasteiger charge is -2.27. The van der Waals surface area contributed by atoms with Crippen LogP contribution in [0.25, 0.3) is 0 Å². The fourth-order valence-electron chi connectivity index (χ4n) is 1.77. The van der Waals surface area contributed by atoms with Gasteiger partial charge in [-0.15, -0.1) is 0 Å². The average Bonchev–Trinajstić information content (AvgIpc) is 2.47. The van der Waals surface area contributed by atoms with Gasteiger partial charge in [0, 0.05) is 17.0 Å². The molecule has 1 heterocycles. The zero-order valence-corrected chi connectivity index (χ0v) is 9.64. The van der Waals surface area contributed by atoms with E-state index in [1.807, 2.05) is 6.92 Å². The molecule has 2 atom stereocenters. The topological polar surface area (TPSA) is 40.5 Å². The highest BCUT2D eigenvalue weighted by molar-refractivity contribution is 8.00. The van der Waals surface area contributed by atoms with Crippen molar-refractivity contribution in [2.75, 3.05) is 18.8 Å². The van der Waals surface area contributed by atoms with E-state index in [2.05, 4.69) is 0 Å². The molecule has 1 saturated heterocycles. The number of carboxylic acid groups (broad SMARTS) is 1. The van der Waals surface area contributed by atoms with E-state index in [1.54, 1.807) is 11.8 Å². The lowest BCUT2D eigenvalue weighted by molar-refractivity contribution is -0.157. The number of hydrogen-bond acceptors (Lipinski definition) is 3. The van der Waals surface area contributed by atoms with Crippen LogP contribution in [-0.2, 0) is 4.79 Å². The highest BCUT2D eigenvalue weighted by Crippen LogP contribution is 2.31. The van der Waals surface area contributed by atoms with Crippen LogP contribution in [0.5, 0.6) is 0 Å². The van der Waals surface area contributed by atoms with Gasteiger partial charge in [0.05, 0.1) is 13.1 Å². The number of alkyl halides is 3. The van der Waals surface area contributed by atoms with Crippen molar-refractivity contribution in [2.24, 2.45) is 0 Å². The van der Waals surface area contributed by atoms with Gasteiger partial charge in [0.2, 0.25) is 0 Å². The molecule has 0 radical (unpaired) electrons. The van der Waals surface area contributed by atoms with Crippen molar-refractivity contribution < 1.29 is 23.1 Å². The van der Waals surface area contributed by atoms with Gasteiger partial charge in [-0.25, -0.2) is 0 Å². The third-order valence-electron chi connectivity index (χ3n) is 2.41. The number of thioether (sulfide) groups is 1. The van der Waals surface area contributed by atoms with E-state index < -0.39 is 25.2 Å². The Labute approximate surface area is 96.0 Å². The Morgan fingerprint density at radius 3 is 2.56 bits per heavy atom. The minimum atomic E-state index is -4.34. The summed E-state index contributed by atoms with van der Waals surface area (Å²) < 4.78 is 36.8. The smallest absolute Gasteiger partial charge is 0.401 e. The summed E-state index contributed by atoms with van der Waals surface area (Å²) in [6, 6.07) is -0.280. The van der Waals surface area contributed by atoms with Gasteiger partial charge in [-0.2, -0.15) is 24.9 Å². The molecular weight excluding hydrogens is 243 g/mol. The van der Waals surface area contributed by atoms with Crippen LogP contribution in [0.4, 0.5) is 13.2 Å². The van der Waals surface area contributed by atoms with E-state index in [0.29, 0.717) is 17.4 Å². The maximum Gasteiger partial charge on any atom is 0.401 e. The molecule has 2 unspecified atom stereocenters. The second kappa shape index (κ2) is 5.27. The van der Waals surface area contributed by atoms with E-state index in [-0.39, 0.29) is 6.04 Å². The molecule has 0 aromatic heterocycles. The number of aliphatic carboxylic acids is 1. The SMILES string of the molecule is CC1CC(N(CC(=O)O)CC(F)(F)F)CS1. The number of nitrogens with zero attached hydrogens (tertiary/aromatic N) is 1. The van der Waals surface area contributed by atoms with E-state index in [0.717, 1.165) is 4.90 Å². The quantitative estimate of drug-likeness (QED) is 0.834. The van der Waals surface area contributed by atoms with Crippen molar-refractivity contribution in [1.82, 2.24) is 4.90 Å². The molecular formula is C9H14F3NO2S. The first-order chi connectivity index (χ1) is 7.28. The van der Waals surface area contributed by atoms with Gasteiger partial charge in [0.1, 0.15) is 0 Å². The van der Waals surface area contributed by atoms with Crippen LogP contribution < -0.4 is 0 Å². The first-order valence-corrected chi connectivity index (χ1v) is 5.97. The standard InChI is InChI=1S/C9H14F3NO2S/c1-6-2-7(4-16-6)13(3-8(14)15)5-9(10,11)12/h6-7H,2-5H2,1H3,(H,14,15). The summed E-state index contributed by atoms with van der Waals surface area (Å²) in [5.74, 6) is -0.640. The summed E-state index contributed by atoms with van der Waals surface area (Å²) in [5.41, 5.74) is 0. The minimum Gasteiger partial charge on any atom is -0.480 e. The molecule has 0 aromatic carbocycles. The second-order valence-corrected chi connectivity index (χ2v) is 5.42. The van der Waals surface area contributed by atoms with Crippen LogP contribution in [0, 0.1) is 0 Å². The van der Waals surface area contributed by atoms with Gasteiger partial charge in [0.25, 0.3) is 0 Å². The third-order valence-corrected chi connectivity index (χ3v) is 3.75. The summed E-state index contributed by atoms with van der Waals surface area (Å²) in [7, 11) is 0. The van der Waals surface area contributed by atoms with Crippen LogP contribution in [0.1, 0.15) is 13.3 Å². The maximum atomic E-state index is 12.3. The molecule has 1 N–H and O–H groups in total. The Hall–Kier alpha value is -0.430. The summed E-state index contributed by atoms with van der Waals surface area (Å²) in [4.78, 5) is 11.5. The Bertz CT molecular complexity index is 260. The van der Waals surface area contributed by atoms with Crippen molar-refractivity contribution in [3.05, 3.63) is 0 Å². The number of carboxylic acids is 1. The van der Waals surface area contributed by atoms with Crippen molar-refractivity contribution >= 4 is 17.7 Å². The van der Waals surface area contributed by atoms with E-state index in [9.17, 15) is 18.0 Å². The molecule has 0 saturated carbocycles. The fraction of sp³-hybridized carbons (Fsp3) is 0.889. The Morgan fingerprint density at radius 1 is 1.56 bits per heavy atom. The molecule has 0 spiro atoms. The van der Waals surface area contributed by atoms with Gasteiger partial charge in [0.15, 0.2) is 0 Å². The lowest BCUT2D eigenvalue weighted by atomic mass is 10.1. The van der Waals surface area contributed by atoms with E-state index in [1.165, 1.54) is 0 Å². The molecule has 1 fully saturated rings. The van der Waals surface area contributed by atoms with Gasteiger partial charge < -0.3 is 5.11 Å². The van der Waals surface area contributed by atoms with Gasteiger partial charge >= 0.3 is 12.1 Å². The molecule has 3 nitrogen and oxygen atoms in total. The van der Waals surface area contributed by atoms with Crippen LogP contribution in [0.15, 0.2) is 0 Å². The minimum absolute atomic E-state index is 0.280. The molecule has 0 aliphatic carbocycles. The van der Waals surface area contributed by atoms with Crippen molar-refractivity contribution in [3.63, 3.8) is 0 Å². The van der Waals surface area contributed by atoms with Gasteiger partial charge in [-0.1, -0.05) is 6.92 Å². The number of carbonyl (C=O) groups is 1. The normalized spacial score (nSPS) is 26.3. The Balaban J connectivity index is 2.60. The van der Waals surface area contributed by atoms with Crippen LogP contribution >= 0.6 is 11.8 Å². The second-order valence-electron chi connectivity index (χ2n) is 3.95. The Kier molecular flexibility index (Phi) is 4.49. The monoisotopic (exact) mass is 257 g/mol. The molecule has 0 aromatic rings. The number of rotatable bonds is 4. The fourth-order valence-corrected chi connectivity index (χ4v) is 3.02. The molecule has 1 aliphatic rings. The predicted molar refractivity (Wildman–Crippen MR) is 55.6 cm³/mol. The maximum absolute atomic E-state index is 12.3. The van der Waals surface area contributed by atoms with Crippen molar-refractivity contribution in [2.45, 2.75) is 30.8 Å². The average molecular weight is 257 g/mol. The third kappa shape index (κ3) is 4.61. The molecule has 0 amide bonds. The van der Waals surface area contributed by atoms with Crippen molar-refractivity contribution in [3.8, 4) is 0 Å². The Morgan fingerprint density at radius 2 is 2.19 bits per heavy atom. The first-order valence-electron chi connectivity index (χ1n) is 4.92. The largest absolute Gasteiger partial charge is 0.480 e. The zero-order valence-electron chi connectivity index (χ0n) is 8.83. The van der Waals surface area contributed by atoms with E-state index in [4.69, 9.17) is 5.11 Å². The molecule has 1 aliphatic heterocycles. The van der Waals surface area contributed by atoms with Crippen molar-refractivity contribution in [1.29, 1.82) is 0 Å². The molecule has 1 rings (SSSR count). The highest BCUT2D eigenvalue weighted by atomic mass is 32.2. The molecule has 16 heavy (non-hydrogen) atoms. The summed E-state index contributed by atoms with van der Waals surface area (Å²) in [6.45, 7) is 0.256.